The Labute approximate surface area is 116 Å². The van der Waals surface area contributed by atoms with Crippen molar-refractivity contribution >= 4 is 17.4 Å². The van der Waals surface area contributed by atoms with Crippen molar-refractivity contribution in [2.75, 3.05) is 25.3 Å². The summed E-state index contributed by atoms with van der Waals surface area (Å²) in [5.41, 5.74) is 6.49. The third-order valence-corrected chi connectivity index (χ3v) is 2.85. The number of nitrogens with zero attached hydrogens (tertiary/aromatic N) is 2. The van der Waals surface area contributed by atoms with Crippen molar-refractivity contribution in [3.8, 4) is 11.5 Å². The largest absolute Gasteiger partial charge is 0.493 e. The van der Waals surface area contributed by atoms with Gasteiger partial charge < -0.3 is 20.5 Å². The molecule has 7 nitrogen and oxygen atoms in total. The van der Waals surface area contributed by atoms with Crippen molar-refractivity contribution in [2.24, 2.45) is 7.05 Å². The summed E-state index contributed by atoms with van der Waals surface area (Å²) in [5.74, 6) is 0.933. The SMILES string of the molecule is COc1cccc(C(=O)Nc2c(N)cnn2C)c1OC. The summed E-state index contributed by atoms with van der Waals surface area (Å²) in [6, 6.07) is 5.07. The van der Waals surface area contributed by atoms with Crippen molar-refractivity contribution in [3.05, 3.63) is 30.0 Å². The topological polar surface area (TPSA) is 91.4 Å². The smallest absolute Gasteiger partial charge is 0.260 e. The van der Waals surface area contributed by atoms with Crippen molar-refractivity contribution in [1.82, 2.24) is 9.78 Å². The van der Waals surface area contributed by atoms with E-state index >= 15 is 0 Å². The predicted octanol–water partition coefficient (Wildman–Crippen LogP) is 1.27. The zero-order valence-corrected chi connectivity index (χ0v) is 11.5. The van der Waals surface area contributed by atoms with E-state index in [1.807, 2.05) is 0 Å². The minimum atomic E-state index is -0.351. The van der Waals surface area contributed by atoms with Gasteiger partial charge in [0.15, 0.2) is 17.3 Å². The minimum Gasteiger partial charge on any atom is -0.493 e. The van der Waals surface area contributed by atoms with Gasteiger partial charge in [-0.1, -0.05) is 6.07 Å². The summed E-state index contributed by atoms with van der Waals surface area (Å²) in [6.45, 7) is 0. The molecule has 106 valence electrons. The average molecular weight is 276 g/mol. The molecule has 7 heteroatoms. The summed E-state index contributed by atoms with van der Waals surface area (Å²) in [7, 11) is 4.68. The van der Waals surface area contributed by atoms with Gasteiger partial charge in [-0.3, -0.25) is 9.48 Å². The molecule has 0 atom stereocenters. The molecule has 0 radical (unpaired) electrons. The molecule has 0 aliphatic heterocycles. The number of nitrogens with one attached hydrogen (secondary N) is 1. The number of carbonyl (C=O) groups excluding carboxylic acids is 1. The molecule has 1 amide bonds. The van der Waals surface area contributed by atoms with E-state index in [2.05, 4.69) is 10.4 Å². The fraction of sp³-hybridized carbons (Fsp3) is 0.231. The van der Waals surface area contributed by atoms with E-state index in [0.29, 0.717) is 28.6 Å². The summed E-state index contributed by atoms with van der Waals surface area (Å²) in [6.07, 6.45) is 1.47. The molecule has 0 saturated heterocycles. The zero-order chi connectivity index (χ0) is 14.7. The summed E-state index contributed by atoms with van der Waals surface area (Å²) in [5, 5.41) is 6.66. The number of nitrogen functional groups attached to an aromatic ring is 1. The fourth-order valence-corrected chi connectivity index (χ4v) is 1.85. The Morgan fingerprint density at radius 3 is 2.65 bits per heavy atom. The van der Waals surface area contributed by atoms with Crippen LogP contribution in [0.4, 0.5) is 11.5 Å². The molecule has 0 saturated carbocycles. The van der Waals surface area contributed by atoms with E-state index in [-0.39, 0.29) is 5.91 Å². The van der Waals surface area contributed by atoms with Crippen LogP contribution in [0.5, 0.6) is 11.5 Å². The van der Waals surface area contributed by atoms with Crippen LogP contribution in [0.1, 0.15) is 10.4 Å². The number of aromatic nitrogens is 2. The van der Waals surface area contributed by atoms with Gasteiger partial charge in [0.05, 0.1) is 31.7 Å². The Kier molecular flexibility index (Phi) is 3.79. The number of hydrogen-bond acceptors (Lipinski definition) is 5. The van der Waals surface area contributed by atoms with Crippen LogP contribution in [0, 0.1) is 0 Å². The lowest BCUT2D eigenvalue weighted by Crippen LogP contribution is -2.16. The number of methoxy groups -OCH3 is 2. The number of benzene rings is 1. The molecule has 20 heavy (non-hydrogen) atoms. The van der Waals surface area contributed by atoms with Gasteiger partial charge in [0, 0.05) is 7.05 Å². The minimum absolute atomic E-state index is 0.351. The molecule has 2 aromatic rings. The number of hydrogen-bond donors (Lipinski definition) is 2. The second kappa shape index (κ2) is 5.52. The molecular formula is C13H16N4O3. The standard InChI is InChI=1S/C13H16N4O3/c1-17-12(9(14)7-15-17)16-13(18)8-5-4-6-10(19-2)11(8)20-3/h4-7H,14H2,1-3H3,(H,16,18). The highest BCUT2D eigenvalue weighted by Crippen LogP contribution is 2.31. The Balaban J connectivity index is 2.35. The van der Waals surface area contributed by atoms with Crippen LogP contribution >= 0.6 is 0 Å². The third kappa shape index (κ3) is 2.37. The molecule has 0 unspecified atom stereocenters. The Bertz CT molecular complexity index is 617. The maximum atomic E-state index is 12.3. The van der Waals surface area contributed by atoms with Crippen molar-refractivity contribution < 1.29 is 14.3 Å². The molecule has 0 aliphatic carbocycles. The zero-order valence-electron chi connectivity index (χ0n) is 11.5. The van der Waals surface area contributed by atoms with E-state index < -0.39 is 0 Å². The highest BCUT2D eigenvalue weighted by atomic mass is 16.5. The summed E-state index contributed by atoms with van der Waals surface area (Å²) >= 11 is 0. The van der Waals surface area contributed by atoms with Crippen LogP contribution in [-0.2, 0) is 7.05 Å². The lowest BCUT2D eigenvalue weighted by Gasteiger charge is -2.12. The van der Waals surface area contributed by atoms with Crippen LogP contribution in [0.15, 0.2) is 24.4 Å². The summed E-state index contributed by atoms with van der Waals surface area (Å²) in [4.78, 5) is 12.3. The van der Waals surface area contributed by atoms with Gasteiger partial charge in [0.25, 0.3) is 5.91 Å². The Hall–Kier alpha value is -2.70. The number of aryl methyl sites for hydroxylation is 1. The van der Waals surface area contributed by atoms with Crippen LogP contribution < -0.4 is 20.5 Å². The van der Waals surface area contributed by atoms with Gasteiger partial charge in [-0.2, -0.15) is 5.10 Å². The molecule has 0 aliphatic rings. The van der Waals surface area contributed by atoms with Gasteiger partial charge in [0.2, 0.25) is 0 Å². The number of anilines is 2. The van der Waals surface area contributed by atoms with E-state index in [0.717, 1.165) is 0 Å². The number of nitrogens with two attached hydrogens (primary N) is 1. The second-order valence-electron chi connectivity index (χ2n) is 4.07. The monoisotopic (exact) mass is 276 g/mol. The maximum absolute atomic E-state index is 12.3. The van der Waals surface area contributed by atoms with Crippen LogP contribution in [0.25, 0.3) is 0 Å². The first-order valence-corrected chi connectivity index (χ1v) is 5.88. The number of carbonyl (C=O) groups is 1. The van der Waals surface area contributed by atoms with E-state index in [9.17, 15) is 4.79 Å². The normalized spacial score (nSPS) is 10.2. The summed E-state index contributed by atoms with van der Waals surface area (Å²) < 4.78 is 11.9. The van der Waals surface area contributed by atoms with Gasteiger partial charge >= 0.3 is 0 Å². The number of amides is 1. The van der Waals surface area contributed by atoms with Crippen molar-refractivity contribution in [2.45, 2.75) is 0 Å². The van der Waals surface area contributed by atoms with Crippen LogP contribution in [-0.4, -0.2) is 29.9 Å². The predicted molar refractivity (Wildman–Crippen MR) is 75.1 cm³/mol. The quantitative estimate of drug-likeness (QED) is 0.877. The number of rotatable bonds is 4. The van der Waals surface area contributed by atoms with E-state index in [4.69, 9.17) is 15.2 Å². The molecule has 3 N–H and O–H groups in total. The highest BCUT2D eigenvalue weighted by molar-refractivity contribution is 6.07. The molecule has 0 bridgehead atoms. The average Bonchev–Trinajstić information content (AvgIpc) is 2.77. The first-order chi connectivity index (χ1) is 9.58. The van der Waals surface area contributed by atoms with Crippen molar-refractivity contribution in [1.29, 1.82) is 0 Å². The molecule has 0 spiro atoms. The molecule has 1 aromatic carbocycles. The van der Waals surface area contributed by atoms with Crippen LogP contribution in [0.2, 0.25) is 0 Å². The lowest BCUT2D eigenvalue weighted by molar-refractivity contribution is 0.102. The lowest BCUT2D eigenvalue weighted by atomic mass is 10.1. The maximum Gasteiger partial charge on any atom is 0.260 e. The Morgan fingerprint density at radius 1 is 1.35 bits per heavy atom. The molecular weight excluding hydrogens is 260 g/mol. The first-order valence-electron chi connectivity index (χ1n) is 5.88. The number of ether oxygens (including phenoxy) is 2. The highest BCUT2D eigenvalue weighted by Gasteiger charge is 2.18. The van der Waals surface area contributed by atoms with Crippen LogP contribution in [0.3, 0.4) is 0 Å². The fourth-order valence-electron chi connectivity index (χ4n) is 1.85. The Morgan fingerprint density at radius 2 is 2.10 bits per heavy atom. The first kappa shape index (κ1) is 13.7. The molecule has 1 heterocycles. The molecule has 2 rings (SSSR count). The van der Waals surface area contributed by atoms with Crippen molar-refractivity contribution in [3.63, 3.8) is 0 Å². The number of para-hydroxylation sites is 1. The van der Waals surface area contributed by atoms with Gasteiger partial charge in [-0.25, -0.2) is 0 Å². The molecule has 1 aromatic heterocycles. The van der Waals surface area contributed by atoms with Gasteiger partial charge in [-0.05, 0) is 12.1 Å². The second-order valence-corrected chi connectivity index (χ2v) is 4.07. The van der Waals surface area contributed by atoms with Gasteiger partial charge in [0.1, 0.15) is 0 Å². The third-order valence-electron chi connectivity index (χ3n) is 2.85. The molecule has 0 fully saturated rings. The van der Waals surface area contributed by atoms with E-state index in [1.165, 1.54) is 25.1 Å². The van der Waals surface area contributed by atoms with Gasteiger partial charge in [-0.15, -0.1) is 0 Å². The van der Waals surface area contributed by atoms with E-state index in [1.54, 1.807) is 25.2 Å².